The van der Waals surface area contributed by atoms with E-state index in [1.54, 1.807) is 0 Å². The molecule has 0 spiro atoms. The molecule has 0 aromatic carbocycles. The molecule has 1 N–H and O–H groups in total. The van der Waals surface area contributed by atoms with Crippen molar-refractivity contribution in [2.75, 3.05) is 13.2 Å². The number of piperidine rings is 1. The second-order valence-electron chi connectivity index (χ2n) is 5.43. The average molecular weight is 197 g/mol. The Morgan fingerprint density at radius 2 is 2.00 bits per heavy atom. The highest BCUT2D eigenvalue weighted by Gasteiger charge is 2.44. The van der Waals surface area contributed by atoms with Crippen LogP contribution < -0.4 is 0 Å². The lowest BCUT2D eigenvalue weighted by Gasteiger charge is -2.48. The molecular formula is C12H23NO. The first-order valence-corrected chi connectivity index (χ1v) is 6.04. The van der Waals surface area contributed by atoms with Crippen molar-refractivity contribution in [3.63, 3.8) is 0 Å². The average Bonchev–Trinajstić information content (AvgIpc) is 2.91. The van der Waals surface area contributed by atoms with E-state index in [0.29, 0.717) is 18.1 Å². The zero-order valence-electron chi connectivity index (χ0n) is 9.50. The third kappa shape index (κ3) is 1.82. The van der Waals surface area contributed by atoms with E-state index in [-0.39, 0.29) is 0 Å². The highest BCUT2D eigenvalue weighted by Crippen LogP contribution is 2.42. The van der Waals surface area contributed by atoms with Crippen LogP contribution in [0.25, 0.3) is 0 Å². The minimum atomic E-state index is 0.322. The zero-order valence-corrected chi connectivity index (χ0v) is 9.50. The highest BCUT2D eigenvalue weighted by atomic mass is 16.3. The maximum Gasteiger partial charge on any atom is 0.0434 e. The summed E-state index contributed by atoms with van der Waals surface area (Å²) in [6.45, 7) is 6.36. The zero-order chi connectivity index (χ0) is 10.2. The number of rotatable bonds is 3. The molecule has 1 aliphatic heterocycles. The van der Waals surface area contributed by atoms with Crippen molar-refractivity contribution >= 4 is 0 Å². The summed E-state index contributed by atoms with van der Waals surface area (Å²) < 4.78 is 0. The van der Waals surface area contributed by atoms with Gasteiger partial charge in [0.15, 0.2) is 0 Å². The Hall–Kier alpha value is -0.0800. The number of aliphatic hydroxyl groups is 1. The normalized spacial score (nSPS) is 33.2. The molecule has 0 radical (unpaired) electrons. The summed E-state index contributed by atoms with van der Waals surface area (Å²) >= 11 is 0. The summed E-state index contributed by atoms with van der Waals surface area (Å²) in [5, 5.41) is 9.07. The molecule has 2 aliphatic rings. The minimum Gasteiger partial charge on any atom is -0.396 e. The van der Waals surface area contributed by atoms with Crippen LogP contribution in [0.5, 0.6) is 0 Å². The first kappa shape index (κ1) is 10.4. The minimum absolute atomic E-state index is 0.322. The monoisotopic (exact) mass is 197 g/mol. The Labute approximate surface area is 87.3 Å². The molecule has 1 saturated carbocycles. The molecule has 0 bridgehead atoms. The molecule has 1 saturated heterocycles. The van der Waals surface area contributed by atoms with E-state index >= 15 is 0 Å². The Morgan fingerprint density at radius 3 is 2.57 bits per heavy atom. The fourth-order valence-corrected chi connectivity index (χ4v) is 3.08. The van der Waals surface area contributed by atoms with Crippen LogP contribution in [0, 0.1) is 5.92 Å². The van der Waals surface area contributed by atoms with Crippen LogP contribution in [0.1, 0.15) is 46.0 Å². The van der Waals surface area contributed by atoms with Crippen molar-refractivity contribution < 1.29 is 5.11 Å². The quantitative estimate of drug-likeness (QED) is 0.748. The Morgan fingerprint density at radius 1 is 1.29 bits per heavy atom. The van der Waals surface area contributed by atoms with Gasteiger partial charge in [0.1, 0.15) is 0 Å². The lowest BCUT2D eigenvalue weighted by atomic mass is 9.77. The third-order valence-corrected chi connectivity index (χ3v) is 4.16. The second-order valence-corrected chi connectivity index (χ2v) is 5.43. The van der Waals surface area contributed by atoms with Crippen LogP contribution in [-0.2, 0) is 0 Å². The lowest BCUT2D eigenvalue weighted by molar-refractivity contribution is 0.00448. The lowest BCUT2D eigenvalue weighted by Crippen LogP contribution is -2.54. The van der Waals surface area contributed by atoms with E-state index in [2.05, 4.69) is 18.7 Å². The molecule has 2 fully saturated rings. The van der Waals surface area contributed by atoms with Crippen molar-refractivity contribution in [3.05, 3.63) is 0 Å². The molecule has 1 atom stereocenters. The van der Waals surface area contributed by atoms with E-state index in [0.717, 1.165) is 12.5 Å². The summed E-state index contributed by atoms with van der Waals surface area (Å²) in [6.07, 6.45) is 6.40. The molecule has 82 valence electrons. The second kappa shape index (κ2) is 3.82. The highest BCUT2D eigenvalue weighted by molar-refractivity contribution is 4.99. The SMILES string of the molecule is CC1(C)C(CCO)CCCN1C1CC1. The van der Waals surface area contributed by atoms with Gasteiger partial charge in [0.25, 0.3) is 0 Å². The molecule has 1 heterocycles. The van der Waals surface area contributed by atoms with Gasteiger partial charge in [-0.2, -0.15) is 0 Å². The Bertz CT molecular complexity index is 196. The summed E-state index contributed by atoms with van der Waals surface area (Å²) in [5.41, 5.74) is 0.322. The van der Waals surface area contributed by atoms with Crippen LogP contribution in [0.2, 0.25) is 0 Å². The van der Waals surface area contributed by atoms with Crippen molar-refractivity contribution in [1.82, 2.24) is 4.90 Å². The van der Waals surface area contributed by atoms with Gasteiger partial charge < -0.3 is 5.11 Å². The smallest absolute Gasteiger partial charge is 0.0434 e. The van der Waals surface area contributed by atoms with Crippen LogP contribution in [0.15, 0.2) is 0 Å². The van der Waals surface area contributed by atoms with Crippen LogP contribution >= 0.6 is 0 Å². The fraction of sp³-hybridized carbons (Fsp3) is 1.00. The number of nitrogens with zero attached hydrogens (tertiary/aromatic N) is 1. The van der Waals surface area contributed by atoms with Crippen molar-refractivity contribution in [2.45, 2.75) is 57.5 Å². The summed E-state index contributed by atoms with van der Waals surface area (Å²) in [5.74, 6) is 0.696. The van der Waals surface area contributed by atoms with E-state index in [9.17, 15) is 0 Å². The van der Waals surface area contributed by atoms with Gasteiger partial charge in [-0.05, 0) is 58.4 Å². The van der Waals surface area contributed by atoms with Gasteiger partial charge in [0.05, 0.1) is 0 Å². The van der Waals surface area contributed by atoms with Crippen molar-refractivity contribution in [1.29, 1.82) is 0 Å². The molecule has 0 aromatic heterocycles. The summed E-state index contributed by atoms with van der Waals surface area (Å²) in [4.78, 5) is 2.69. The molecule has 2 nitrogen and oxygen atoms in total. The van der Waals surface area contributed by atoms with Crippen LogP contribution in [0.4, 0.5) is 0 Å². The molecule has 14 heavy (non-hydrogen) atoms. The molecule has 1 unspecified atom stereocenters. The summed E-state index contributed by atoms with van der Waals surface area (Å²) in [6, 6.07) is 0.867. The summed E-state index contributed by atoms with van der Waals surface area (Å²) in [7, 11) is 0. The topological polar surface area (TPSA) is 23.5 Å². The van der Waals surface area contributed by atoms with Crippen molar-refractivity contribution in [2.24, 2.45) is 5.92 Å². The number of likely N-dealkylation sites (tertiary alicyclic amines) is 1. The molecule has 0 amide bonds. The molecule has 1 aliphatic carbocycles. The van der Waals surface area contributed by atoms with Gasteiger partial charge in [0.2, 0.25) is 0 Å². The van der Waals surface area contributed by atoms with Crippen LogP contribution in [0.3, 0.4) is 0 Å². The Balaban J connectivity index is 2.04. The first-order valence-electron chi connectivity index (χ1n) is 6.04. The third-order valence-electron chi connectivity index (χ3n) is 4.16. The van der Waals surface area contributed by atoms with E-state index in [4.69, 9.17) is 5.11 Å². The van der Waals surface area contributed by atoms with Crippen molar-refractivity contribution in [3.8, 4) is 0 Å². The largest absolute Gasteiger partial charge is 0.396 e. The van der Waals surface area contributed by atoms with E-state index < -0.39 is 0 Å². The predicted octanol–water partition coefficient (Wildman–Crippen LogP) is 2.02. The van der Waals surface area contributed by atoms with Gasteiger partial charge in [-0.15, -0.1) is 0 Å². The molecule has 2 rings (SSSR count). The Kier molecular flexibility index (Phi) is 2.85. The standard InChI is InChI=1S/C12H23NO/c1-12(2)10(7-9-14)4-3-8-13(12)11-5-6-11/h10-11,14H,3-9H2,1-2H3. The van der Waals surface area contributed by atoms with Gasteiger partial charge in [0, 0.05) is 18.2 Å². The van der Waals surface area contributed by atoms with Gasteiger partial charge >= 0.3 is 0 Å². The van der Waals surface area contributed by atoms with E-state index in [1.165, 1.54) is 32.2 Å². The van der Waals surface area contributed by atoms with Gasteiger partial charge in [-0.1, -0.05) is 0 Å². The van der Waals surface area contributed by atoms with Gasteiger partial charge in [-0.3, -0.25) is 4.90 Å². The van der Waals surface area contributed by atoms with Crippen LogP contribution in [-0.4, -0.2) is 34.7 Å². The first-order chi connectivity index (χ1) is 6.66. The van der Waals surface area contributed by atoms with E-state index in [1.807, 2.05) is 0 Å². The maximum absolute atomic E-state index is 9.07. The number of hydrogen-bond acceptors (Lipinski definition) is 2. The molecule has 2 heteroatoms. The fourth-order valence-electron chi connectivity index (χ4n) is 3.08. The maximum atomic E-state index is 9.07. The van der Waals surface area contributed by atoms with Gasteiger partial charge in [-0.25, -0.2) is 0 Å². The number of aliphatic hydroxyl groups excluding tert-OH is 1. The molecule has 0 aromatic rings. The predicted molar refractivity (Wildman–Crippen MR) is 58.2 cm³/mol. The molecular weight excluding hydrogens is 174 g/mol. The number of hydrogen-bond donors (Lipinski definition) is 1.